The number of ether oxygens (including phenoxy) is 1. The van der Waals surface area contributed by atoms with E-state index in [0.717, 1.165) is 25.7 Å². The SMILES string of the molecule is COc1ccc(C(=O)C2CCC(C(C)(C)C)CC2)cc1F. The van der Waals surface area contributed by atoms with Crippen LogP contribution in [0.15, 0.2) is 18.2 Å². The van der Waals surface area contributed by atoms with Crippen molar-refractivity contribution in [1.29, 1.82) is 0 Å². The Morgan fingerprint density at radius 2 is 1.81 bits per heavy atom. The first-order valence-corrected chi connectivity index (χ1v) is 7.70. The third-order valence-corrected chi connectivity index (χ3v) is 4.76. The van der Waals surface area contributed by atoms with Crippen molar-refractivity contribution in [3.8, 4) is 5.75 Å². The lowest BCUT2D eigenvalue weighted by molar-refractivity contribution is 0.0819. The summed E-state index contributed by atoms with van der Waals surface area (Å²) in [4.78, 5) is 12.5. The highest BCUT2D eigenvalue weighted by Gasteiger charge is 2.32. The smallest absolute Gasteiger partial charge is 0.166 e. The molecule has 0 radical (unpaired) electrons. The van der Waals surface area contributed by atoms with Gasteiger partial charge in [-0.25, -0.2) is 4.39 Å². The average Bonchev–Trinajstić information content (AvgIpc) is 2.45. The summed E-state index contributed by atoms with van der Waals surface area (Å²) >= 11 is 0. The van der Waals surface area contributed by atoms with Crippen molar-refractivity contribution >= 4 is 5.78 Å². The molecule has 0 heterocycles. The molecular formula is C18H25FO2. The van der Waals surface area contributed by atoms with Gasteiger partial charge in [-0.15, -0.1) is 0 Å². The van der Waals surface area contributed by atoms with Crippen LogP contribution < -0.4 is 4.74 Å². The van der Waals surface area contributed by atoms with Crippen LogP contribution in [-0.2, 0) is 0 Å². The van der Waals surface area contributed by atoms with Crippen LogP contribution in [0.4, 0.5) is 4.39 Å². The summed E-state index contributed by atoms with van der Waals surface area (Å²) in [5.41, 5.74) is 0.771. The average molecular weight is 292 g/mol. The van der Waals surface area contributed by atoms with E-state index in [4.69, 9.17) is 4.74 Å². The van der Waals surface area contributed by atoms with E-state index in [2.05, 4.69) is 20.8 Å². The van der Waals surface area contributed by atoms with E-state index in [0.29, 0.717) is 16.9 Å². The van der Waals surface area contributed by atoms with Gasteiger partial charge in [-0.1, -0.05) is 20.8 Å². The number of methoxy groups -OCH3 is 1. The van der Waals surface area contributed by atoms with E-state index in [-0.39, 0.29) is 17.5 Å². The lowest BCUT2D eigenvalue weighted by Crippen LogP contribution is -2.28. The van der Waals surface area contributed by atoms with Crippen LogP contribution in [-0.4, -0.2) is 12.9 Å². The minimum absolute atomic E-state index is 0.0383. The van der Waals surface area contributed by atoms with Gasteiger partial charge in [0.1, 0.15) is 0 Å². The molecule has 0 atom stereocenters. The standard InChI is InChI=1S/C18H25FO2/c1-18(2,3)14-8-5-12(6-9-14)17(20)13-7-10-16(21-4)15(19)11-13/h7,10-12,14H,5-6,8-9H2,1-4H3. The van der Waals surface area contributed by atoms with Crippen LogP contribution >= 0.6 is 0 Å². The van der Waals surface area contributed by atoms with Gasteiger partial charge < -0.3 is 4.74 Å². The fraction of sp³-hybridized carbons (Fsp3) is 0.611. The number of halogens is 1. The van der Waals surface area contributed by atoms with Gasteiger partial charge in [-0.3, -0.25) is 4.79 Å². The Bertz CT molecular complexity index is 508. The Kier molecular flexibility index (Phi) is 4.70. The number of Topliss-reactive ketones (excluding diaryl/α,β-unsaturated/α-hetero) is 1. The molecule has 1 aromatic rings. The van der Waals surface area contributed by atoms with E-state index in [1.807, 2.05) is 0 Å². The maximum Gasteiger partial charge on any atom is 0.166 e. The fourth-order valence-electron chi connectivity index (χ4n) is 3.28. The van der Waals surface area contributed by atoms with Gasteiger partial charge in [0.25, 0.3) is 0 Å². The first-order chi connectivity index (χ1) is 9.82. The van der Waals surface area contributed by atoms with Crippen LogP contribution in [0.5, 0.6) is 5.75 Å². The third-order valence-electron chi connectivity index (χ3n) is 4.76. The van der Waals surface area contributed by atoms with E-state index < -0.39 is 5.82 Å². The summed E-state index contributed by atoms with van der Waals surface area (Å²) in [6, 6.07) is 4.50. The number of carbonyl (C=O) groups excluding carboxylic acids is 1. The number of hydrogen-bond donors (Lipinski definition) is 0. The molecule has 0 aliphatic heterocycles. The van der Waals surface area contributed by atoms with Gasteiger partial charge in [-0.05, 0) is 55.2 Å². The molecule has 1 aliphatic rings. The monoisotopic (exact) mass is 292 g/mol. The number of hydrogen-bond acceptors (Lipinski definition) is 2. The molecule has 0 unspecified atom stereocenters. The lowest BCUT2D eigenvalue weighted by atomic mass is 9.69. The Labute approximate surface area is 126 Å². The molecule has 0 spiro atoms. The Morgan fingerprint density at radius 1 is 1.19 bits per heavy atom. The molecular weight excluding hydrogens is 267 g/mol. The molecule has 3 heteroatoms. The van der Waals surface area contributed by atoms with Crippen LogP contribution in [0.3, 0.4) is 0 Å². The second-order valence-corrected chi connectivity index (χ2v) is 7.13. The molecule has 2 rings (SSSR count). The molecule has 0 bridgehead atoms. The number of ketones is 1. The lowest BCUT2D eigenvalue weighted by Gasteiger charge is -2.36. The fourth-order valence-corrected chi connectivity index (χ4v) is 3.28. The van der Waals surface area contributed by atoms with Gasteiger partial charge in [0.05, 0.1) is 7.11 Å². The summed E-state index contributed by atoms with van der Waals surface area (Å²) in [6.07, 6.45) is 3.99. The normalized spacial score (nSPS) is 22.9. The zero-order valence-electron chi connectivity index (χ0n) is 13.4. The van der Waals surface area contributed by atoms with Crippen molar-refractivity contribution in [2.45, 2.75) is 46.5 Å². The van der Waals surface area contributed by atoms with E-state index in [1.165, 1.54) is 19.2 Å². The number of rotatable bonds is 3. The highest BCUT2D eigenvalue weighted by atomic mass is 19.1. The topological polar surface area (TPSA) is 26.3 Å². The predicted octanol–water partition coefficient (Wildman–Crippen LogP) is 4.87. The summed E-state index contributed by atoms with van der Waals surface area (Å²) in [6.45, 7) is 6.79. The molecule has 2 nitrogen and oxygen atoms in total. The van der Waals surface area contributed by atoms with Crippen molar-refractivity contribution in [2.24, 2.45) is 17.3 Å². The highest BCUT2D eigenvalue weighted by molar-refractivity contribution is 5.98. The molecule has 21 heavy (non-hydrogen) atoms. The molecule has 0 amide bonds. The van der Waals surface area contributed by atoms with Crippen LogP contribution in [0.25, 0.3) is 0 Å². The molecule has 1 aliphatic carbocycles. The van der Waals surface area contributed by atoms with Crippen molar-refractivity contribution < 1.29 is 13.9 Å². The largest absolute Gasteiger partial charge is 0.494 e. The maximum absolute atomic E-state index is 13.7. The molecule has 0 saturated heterocycles. The zero-order chi connectivity index (χ0) is 15.6. The van der Waals surface area contributed by atoms with Crippen LogP contribution in [0.2, 0.25) is 0 Å². The zero-order valence-corrected chi connectivity index (χ0v) is 13.4. The van der Waals surface area contributed by atoms with Gasteiger partial charge >= 0.3 is 0 Å². The summed E-state index contributed by atoms with van der Waals surface area (Å²) in [5, 5.41) is 0. The maximum atomic E-state index is 13.7. The van der Waals surface area contributed by atoms with Crippen LogP contribution in [0, 0.1) is 23.1 Å². The molecule has 1 fully saturated rings. The molecule has 0 aromatic heterocycles. The number of carbonyl (C=O) groups is 1. The van der Waals surface area contributed by atoms with Crippen molar-refractivity contribution in [2.75, 3.05) is 7.11 Å². The predicted molar refractivity (Wildman–Crippen MR) is 82.2 cm³/mol. The van der Waals surface area contributed by atoms with E-state index >= 15 is 0 Å². The van der Waals surface area contributed by atoms with Crippen molar-refractivity contribution in [1.82, 2.24) is 0 Å². The second-order valence-electron chi connectivity index (χ2n) is 7.13. The second kappa shape index (κ2) is 6.17. The summed E-state index contributed by atoms with van der Waals surface area (Å²) in [7, 11) is 1.42. The van der Waals surface area contributed by atoms with E-state index in [9.17, 15) is 9.18 Å². The molecule has 1 aromatic carbocycles. The number of benzene rings is 1. The van der Waals surface area contributed by atoms with Gasteiger partial charge in [0.15, 0.2) is 17.3 Å². The van der Waals surface area contributed by atoms with Gasteiger partial charge in [0, 0.05) is 11.5 Å². The minimum atomic E-state index is -0.466. The molecule has 0 N–H and O–H groups in total. The van der Waals surface area contributed by atoms with Crippen molar-refractivity contribution in [3.63, 3.8) is 0 Å². The first-order valence-electron chi connectivity index (χ1n) is 7.70. The Morgan fingerprint density at radius 3 is 2.29 bits per heavy atom. The van der Waals surface area contributed by atoms with Crippen LogP contribution in [0.1, 0.15) is 56.8 Å². The van der Waals surface area contributed by atoms with Gasteiger partial charge in [-0.2, -0.15) is 0 Å². The van der Waals surface area contributed by atoms with Crippen molar-refractivity contribution in [3.05, 3.63) is 29.6 Å². The summed E-state index contributed by atoms with van der Waals surface area (Å²) in [5.74, 6) is 0.504. The Hall–Kier alpha value is -1.38. The molecule has 1 saturated carbocycles. The Balaban J connectivity index is 2.04. The third kappa shape index (κ3) is 3.63. The quantitative estimate of drug-likeness (QED) is 0.743. The highest BCUT2D eigenvalue weighted by Crippen LogP contribution is 2.40. The first kappa shape index (κ1) is 16.0. The molecule has 116 valence electrons. The van der Waals surface area contributed by atoms with Gasteiger partial charge in [0.2, 0.25) is 0 Å². The minimum Gasteiger partial charge on any atom is -0.494 e. The van der Waals surface area contributed by atoms with E-state index in [1.54, 1.807) is 6.07 Å². The summed E-state index contributed by atoms with van der Waals surface area (Å²) < 4.78 is 18.6.